The number of benzene rings is 4. The first-order valence-electron chi connectivity index (χ1n) is 17.3. The van der Waals surface area contributed by atoms with Gasteiger partial charge in [0.1, 0.15) is 11.9 Å². The normalized spacial score (nSPS) is 26.5. The van der Waals surface area contributed by atoms with E-state index in [4.69, 9.17) is 4.74 Å². The smallest absolute Gasteiger partial charge is 0.131 e. The summed E-state index contributed by atoms with van der Waals surface area (Å²) in [6, 6.07) is 24.9. The van der Waals surface area contributed by atoms with Crippen LogP contribution in [0.25, 0.3) is 38.2 Å². The Labute approximate surface area is 276 Å². The maximum absolute atomic E-state index is 6.96. The molecule has 6 aliphatic rings. The van der Waals surface area contributed by atoms with Crippen molar-refractivity contribution in [2.45, 2.75) is 31.3 Å². The average molecular weight is 605 g/mol. The van der Waals surface area contributed by atoms with Crippen molar-refractivity contribution in [3.63, 3.8) is 0 Å². The van der Waals surface area contributed by atoms with Crippen LogP contribution in [-0.2, 0) is 0 Å². The summed E-state index contributed by atoms with van der Waals surface area (Å²) < 4.78 is 6.96. The van der Waals surface area contributed by atoms with Crippen LogP contribution >= 0.6 is 0 Å². The summed E-state index contributed by atoms with van der Waals surface area (Å²) >= 11 is 0. The van der Waals surface area contributed by atoms with Gasteiger partial charge in [0.15, 0.2) is 0 Å². The molecule has 1 heteroatoms. The van der Waals surface area contributed by atoms with Gasteiger partial charge in [-0.25, -0.2) is 0 Å². The second-order valence-corrected chi connectivity index (χ2v) is 13.8. The fourth-order valence-corrected chi connectivity index (χ4v) is 9.10. The van der Waals surface area contributed by atoms with Crippen LogP contribution in [0.5, 0.6) is 5.75 Å². The third kappa shape index (κ3) is 4.22. The van der Waals surface area contributed by atoms with Crippen LogP contribution in [0, 0.1) is 17.8 Å². The monoisotopic (exact) mass is 604 g/mol. The first-order valence-corrected chi connectivity index (χ1v) is 17.3. The molecule has 5 unspecified atom stereocenters. The predicted molar refractivity (Wildman–Crippen MR) is 196 cm³/mol. The number of hydrogen-bond donors (Lipinski definition) is 0. The zero-order valence-corrected chi connectivity index (χ0v) is 26.4. The van der Waals surface area contributed by atoms with E-state index in [2.05, 4.69) is 152 Å². The minimum atomic E-state index is 0.173. The number of hydrogen-bond acceptors (Lipinski definition) is 1. The molecule has 0 amide bonds. The quantitative estimate of drug-likeness (QED) is 0.211. The Morgan fingerprint density at radius 3 is 2.06 bits per heavy atom. The number of allylic oxidation sites excluding steroid dienone is 17. The minimum absolute atomic E-state index is 0.173. The summed E-state index contributed by atoms with van der Waals surface area (Å²) in [6.45, 7) is 0. The van der Waals surface area contributed by atoms with Gasteiger partial charge < -0.3 is 4.74 Å². The lowest BCUT2D eigenvalue weighted by atomic mass is 9.74. The number of ether oxygens (including phenoxy) is 1. The summed E-state index contributed by atoms with van der Waals surface area (Å²) in [7, 11) is 0. The first kappa shape index (κ1) is 27.0. The Hall–Kier alpha value is -5.14. The van der Waals surface area contributed by atoms with Gasteiger partial charge in [0.2, 0.25) is 0 Å². The summed E-state index contributed by atoms with van der Waals surface area (Å²) in [5.41, 5.74) is 11.0. The van der Waals surface area contributed by atoms with E-state index < -0.39 is 0 Å². The summed E-state index contributed by atoms with van der Waals surface area (Å²) in [6.07, 6.45) is 35.5. The molecule has 226 valence electrons. The molecule has 4 aromatic carbocycles. The van der Waals surface area contributed by atoms with Gasteiger partial charge in [0, 0.05) is 40.4 Å². The Bertz CT molecular complexity index is 2220. The largest absolute Gasteiger partial charge is 0.488 e. The maximum Gasteiger partial charge on any atom is 0.131 e. The molecule has 0 bridgehead atoms. The molecule has 0 spiro atoms. The van der Waals surface area contributed by atoms with E-state index in [9.17, 15) is 0 Å². The van der Waals surface area contributed by atoms with E-state index in [-0.39, 0.29) is 6.10 Å². The second kappa shape index (κ2) is 10.7. The zero-order valence-electron chi connectivity index (χ0n) is 26.4. The van der Waals surface area contributed by atoms with E-state index in [1.54, 1.807) is 0 Å². The number of fused-ring (bicyclic) bond motifs is 7. The van der Waals surface area contributed by atoms with Crippen molar-refractivity contribution in [2.75, 3.05) is 0 Å². The fourth-order valence-electron chi connectivity index (χ4n) is 9.10. The topological polar surface area (TPSA) is 9.23 Å². The van der Waals surface area contributed by atoms with Crippen molar-refractivity contribution < 1.29 is 4.74 Å². The van der Waals surface area contributed by atoms with Crippen LogP contribution in [-0.4, -0.2) is 6.10 Å². The fraction of sp³-hybridized carbons (Fsp3) is 0.174. The highest BCUT2D eigenvalue weighted by Crippen LogP contribution is 2.53. The Balaban J connectivity index is 1.12. The maximum atomic E-state index is 6.96. The van der Waals surface area contributed by atoms with Crippen molar-refractivity contribution in [3.05, 3.63) is 180 Å². The molecule has 0 saturated carbocycles. The van der Waals surface area contributed by atoms with Gasteiger partial charge in [-0.2, -0.15) is 0 Å². The summed E-state index contributed by atoms with van der Waals surface area (Å²) in [4.78, 5) is 0. The number of rotatable bonds is 3. The molecule has 0 fully saturated rings. The zero-order chi connectivity index (χ0) is 30.9. The van der Waals surface area contributed by atoms with Gasteiger partial charge in [-0.05, 0) is 68.7 Å². The van der Waals surface area contributed by atoms with Crippen molar-refractivity contribution in [1.82, 2.24) is 0 Å². The average Bonchev–Trinajstić information content (AvgIpc) is 3.50. The summed E-state index contributed by atoms with van der Waals surface area (Å²) in [5.74, 6) is 2.72. The molecular weight excluding hydrogens is 569 g/mol. The lowest BCUT2D eigenvalue weighted by molar-refractivity contribution is 0.191. The van der Waals surface area contributed by atoms with E-state index in [0.29, 0.717) is 23.7 Å². The van der Waals surface area contributed by atoms with Crippen molar-refractivity contribution in [1.29, 1.82) is 0 Å². The lowest BCUT2D eigenvalue weighted by Gasteiger charge is -2.30. The molecule has 4 aromatic rings. The van der Waals surface area contributed by atoms with Gasteiger partial charge >= 0.3 is 0 Å². The highest BCUT2D eigenvalue weighted by molar-refractivity contribution is 6.19. The van der Waals surface area contributed by atoms with Crippen LogP contribution in [0.4, 0.5) is 0 Å². The lowest BCUT2D eigenvalue weighted by Crippen LogP contribution is -2.26. The van der Waals surface area contributed by atoms with E-state index in [0.717, 1.165) is 25.0 Å². The van der Waals surface area contributed by atoms with Crippen LogP contribution < -0.4 is 4.74 Å². The molecule has 5 aliphatic carbocycles. The molecule has 1 heterocycles. The third-order valence-corrected chi connectivity index (χ3v) is 11.3. The van der Waals surface area contributed by atoms with Crippen molar-refractivity contribution >= 4 is 27.1 Å². The minimum Gasteiger partial charge on any atom is -0.488 e. The SMILES string of the molecule is C1=CC2=CC3c4cccc(-c5c6ccccc6c(C6=CC=C(C7=CC=CC8C=CC=CC78)CC6)c6ccccc56)c4OC3CC2C=C1. The van der Waals surface area contributed by atoms with Gasteiger partial charge in [-0.3, -0.25) is 0 Å². The van der Waals surface area contributed by atoms with Gasteiger partial charge in [0.25, 0.3) is 0 Å². The molecule has 47 heavy (non-hydrogen) atoms. The molecular formula is C46H36O. The highest BCUT2D eigenvalue weighted by Gasteiger charge is 2.40. The Morgan fingerprint density at radius 2 is 1.28 bits per heavy atom. The molecule has 10 rings (SSSR count). The van der Waals surface area contributed by atoms with Gasteiger partial charge in [0.05, 0.1) is 0 Å². The van der Waals surface area contributed by atoms with Crippen LogP contribution in [0.15, 0.2) is 169 Å². The van der Waals surface area contributed by atoms with Gasteiger partial charge in [-0.15, -0.1) is 0 Å². The second-order valence-electron chi connectivity index (χ2n) is 13.8. The highest BCUT2D eigenvalue weighted by atomic mass is 16.5. The molecule has 0 saturated heterocycles. The molecule has 0 N–H and O–H groups in total. The molecule has 1 aliphatic heterocycles. The first-order chi connectivity index (χ1) is 23.3. The molecule has 0 aromatic heterocycles. The van der Waals surface area contributed by atoms with Crippen LogP contribution in [0.3, 0.4) is 0 Å². The van der Waals surface area contributed by atoms with E-state index in [1.165, 1.54) is 66.1 Å². The van der Waals surface area contributed by atoms with E-state index >= 15 is 0 Å². The predicted octanol–water partition coefficient (Wildman–Crippen LogP) is 11.5. The van der Waals surface area contributed by atoms with Crippen LogP contribution in [0.1, 0.15) is 36.3 Å². The number of para-hydroxylation sites is 1. The van der Waals surface area contributed by atoms with Crippen LogP contribution in [0.2, 0.25) is 0 Å². The Kier molecular flexibility index (Phi) is 6.16. The molecule has 5 atom stereocenters. The summed E-state index contributed by atoms with van der Waals surface area (Å²) in [5, 5.41) is 5.23. The van der Waals surface area contributed by atoms with Crippen molar-refractivity contribution in [2.24, 2.45) is 17.8 Å². The van der Waals surface area contributed by atoms with E-state index in [1.807, 2.05) is 0 Å². The molecule has 0 radical (unpaired) electrons. The Morgan fingerprint density at radius 1 is 0.574 bits per heavy atom. The third-order valence-electron chi connectivity index (χ3n) is 11.3. The molecule has 1 nitrogen and oxygen atoms in total. The standard InChI is InChI=1S/C46H36O/c1-2-13-33-28-43-42(27-32(33)12-1)40-21-10-22-41(46(40)47-43)45-38-18-7-5-16-36(38)44(37-17-6-8-19-39(37)45)31-25-23-30(24-26-31)35-20-9-14-29-11-3-4-15-34(29)35/h1-23,25,27,29,33-34,42-43H,24,26,28H2. The van der Waals surface area contributed by atoms with Gasteiger partial charge in [-0.1, -0.05) is 152 Å². The van der Waals surface area contributed by atoms with Crippen molar-refractivity contribution in [3.8, 4) is 16.9 Å².